The number of benzene rings is 3. The monoisotopic (exact) mass is 370 g/mol. The van der Waals surface area contributed by atoms with Crippen molar-refractivity contribution in [3.05, 3.63) is 95.8 Å². The van der Waals surface area contributed by atoms with E-state index >= 15 is 0 Å². The summed E-state index contributed by atoms with van der Waals surface area (Å²) in [6, 6.07) is 24.1. The van der Waals surface area contributed by atoms with E-state index in [4.69, 9.17) is 4.74 Å². The van der Waals surface area contributed by atoms with E-state index in [1.807, 2.05) is 54.6 Å². The zero-order chi connectivity index (χ0) is 19.5. The standard InChI is InChI=1S/C23H18N2O3/c1-16(26)28-19-13-11-18(12-14-19)23(27)25-21-10-6-5-9-20(21)24-22(25)15-17-7-3-2-4-8-17/h2-14H,15H2,1H3. The topological polar surface area (TPSA) is 61.2 Å². The molecular formula is C23H18N2O3. The molecule has 1 aromatic heterocycles. The fraction of sp³-hybridized carbons (Fsp3) is 0.0870. The Bertz CT molecular complexity index is 1150. The first-order valence-electron chi connectivity index (χ1n) is 8.95. The number of carbonyl (C=O) groups excluding carboxylic acids is 2. The van der Waals surface area contributed by atoms with E-state index < -0.39 is 5.97 Å². The third-order valence-corrected chi connectivity index (χ3v) is 4.40. The molecule has 0 N–H and O–H groups in total. The summed E-state index contributed by atoms with van der Waals surface area (Å²) in [6.07, 6.45) is 0.548. The van der Waals surface area contributed by atoms with Gasteiger partial charge in [-0.25, -0.2) is 4.98 Å². The van der Waals surface area contributed by atoms with Gasteiger partial charge in [-0.15, -0.1) is 0 Å². The van der Waals surface area contributed by atoms with Crippen LogP contribution in [0.1, 0.15) is 28.7 Å². The number of imidazole rings is 1. The zero-order valence-electron chi connectivity index (χ0n) is 15.3. The number of aromatic nitrogens is 2. The molecule has 4 rings (SSSR count). The fourth-order valence-electron chi connectivity index (χ4n) is 3.16. The molecule has 0 saturated heterocycles. The summed E-state index contributed by atoms with van der Waals surface area (Å²) in [6.45, 7) is 1.34. The molecule has 0 amide bonds. The number of para-hydroxylation sites is 2. The highest BCUT2D eigenvalue weighted by molar-refractivity contribution is 6.01. The molecule has 0 spiro atoms. The summed E-state index contributed by atoms with van der Waals surface area (Å²) in [5, 5.41) is 0. The Hall–Kier alpha value is -3.73. The smallest absolute Gasteiger partial charge is 0.308 e. The van der Waals surface area contributed by atoms with Crippen LogP contribution in [0.4, 0.5) is 0 Å². The molecule has 0 aliphatic heterocycles. The number of fused-ring (bicyclic) bond motifs is 1. The van der Waals surface area contributed by atoms with Gasteiger partial charge in [0.05, 0.1) is 11.0 Å². The minimum absolute atomic E-state index is 0.172. The average Bonchev–Trinajstić information content (AvgIpc) is 3.06. The molecule has 4 aromatic rings. The van der Waals surface area contributed by atoms with Gasteiger partial charge in [-0.2, -0.15) is 0 Å². The number of rotatable bonds is 4. The normalized spacial score (nSPS) is 10.8. The Morgan fingerprint density at radius 2 is 1.57 bits per heavy atom. The minimum atomic E-state index is -0.398. The van der Waals surface area contributed by atoms with Crippen LogP contribution in [0.25, 0.3) is 11.0 Å². The molecule has 0 aliphatic carbocycles. The molecule has 5 nitrogen and oxygen atoms in total. The van der Waals surface area contributed by atoms with Crippen LogP contribution in [0.5, 0.6) is 5.75 Å². The Morgan fingerprint density at radius 3 is 2.29 bits per heavy atom. The molecule has 3 aromatic carbocycles. The largest absolute Gasteiger partial charge is 0.427 e. The van der Waals surface area contributed by atoms with E-state index in [9.17, 15) is 9.59 Å². The summed E-state index contributed by atoms with van der Waals surface area (Å²) >= 11 is 0. The first kappa shape index (κ1) is 17.7. The molecule has 28 heavy (non-hydrogen) atoms. The Balaban J connectivity index is 1.75. The number of hydrogen-bond acceptors (Lipinski definition) is 4. The third kappa shape index (κ3) is 3.55. The molecule has 0 aliphatic rings. The highest BCUT2D eigenvalue weighted by Crippen LogP contribution is 2.21. The van der Waals surface area contributed by atoms with Gasteiger partial charge in [0.25, 0.3) is 5.91 Å². The summed E-state index contributed by atoms with van der Waals surface area (Å²) in [5.41, 5.74) is 3.12. The quantitative estimate of drug-likeness (QED) is 0.398. The second kappa shape index (κ2) is 7.48. The van der Waals surface area contributed by atoms with Gasteiger partial charge in [-0.3, -0.25) is 14.2 Å². The summed E-state index contributed by atoms with van der Waals surface area (Å²) in [5.74, 6) is 0.518. The molecule has 0 saturated carbocycles. The molecule has 5 heteroatoms. The van der Waals surface area contributed by atoms with Gasteiger partial charge in [0, 0.05) is 18.9 Å². The first-order chi connectivity index (χ1) is 13.6. The number of ether oxygens (including phenoxy) is 1. The van der Waals surface area contributed by atoms with E-state index in [0.717, 1.165) is 16.6 Å². The van der Waals surface area contributed by atoms with Gasteiger partial charge < -0.3 is 4.74 Å². The number of nitrogens with zero attached hydrogens (tertiary/aromatic N) is 2. The maximum absolute atomic E-state index is 13.3. The van der Waals surface area contributed by atoms with Crippen LogP contribution in [-0.2, 0) is 11.2 Å². The Morgan fingerprint density at radius 1 is 0.893 bits per heavy atom. The van der Waals surface area contributed by atoms with Crippen LogP contribution in [0.3, 0.4) is 0 Å². The van der Waals surface area contributed by atoms with Crippen LogP contribution >= 0.6 is 0 Å². The fourth-order valence-corrected chi connectivity index (χ4v) is 3.16. The maximum atomic E-state index is 13.3. The summed E-state index contributed by atoms with van der Waals surface area (Å²) < 4.78 is 6.70. The maximum Gasteiger partial charge on any atom is 0.308 e. The van der Waals surface area contributed by atoms with Crippen molar-refractivity contribution in [1.82, 2.24) is 9.55 Å². The molecule has 138 valence electrons. The van der Waals surface area contributed by atoms with E-state index in [-0.39, 0.29) is 5.91 Å². The number of hydrogen-bond donors (Lipinski definition) is 0. The highest BCUT2D eigenvalue weighted by atomic mass is 16.5. The first-order valence-corrected chi connectivity index (χ1v) is 8.95. The second-order valence-corrected chi connectivity index (χ2v) is 6.44. The van der Waals surface area contributed by atoms with E-state index in [1.165, 1.54) is 6.92 Å². The van der Waals surface area contributed by atoms with Crippen LogP contribution < -0.4 is 4.74 Å². The van der Waals surface area contributed by atoms with E-state index in [2.05, 4.69) is 4.98 Å². The van der Waals surface area contributed by atoms with Crippen LogP contribution in [0.2, 0.25) is 0 Å². The van der Waals surface area contributed by atoms with Crippen molar-refractivity contribution in [1.29, 1.82) is 0 Å². The summed E-state index contributed by atoms with van der Waals surface area (Å²) in [7, 11) is 0. The van der Waals surface area contributed by atoms with Gasteiger partial charge in [0.2, 0.25) is 0 Å². The number of carbonyl (C=O) groups is 2. The predicted octanol–water partition coefficient (Wildman–Crippen LogP) is 4.24. The number of esters is 1. The van der Waals surface area contributed by atoms with Crippen molar-refractivity contribution in [3.8, 4) is 5.75 Å². The lowest BCUT2D eigenvalue weighted by Gasteiger charge is -2.09. The van der Waals surface area contributed by atoms with Crippen molar-refractivity contribution in [3.63, 3.8) is 0 Å². The molecule has 0 bridgehead atoms. The van der Waals surface area contributed by atoms with Crippen molar-refractivity contribution < 1.29 is 14.3 Å². The zero-order valence-corrected chi connectivity index (χ0v) is 15.3. The molecule has 1 heterocycles. The van der Waals surface area contributed by atoms with Crippen molar-refractivity contribution in [2.24, 2.45) is 0 Å². The molecular weight excluding hydrogens is 352 g/mol. The Labute approximate surface area is 162 Å². The van der Waals surface area contributed by atoms with Crippen LogP contribution in [0, 0.1) is 0 Å². The second-order valence-electron chi connectivity index (χ2n) is 6.44. The summed E-state index contributed by atoms with van der Waals surface area (Å²) in [4.78, 5) is 29.0. The van der Waals surface area contributed by atoms with Crippen molar-refractivity contribution in [2.45, 2.75) is 13.3 Å². The van der Waals surface area contributed by atoms with Crippen molar-refractivity contribution >= 4 is 22.9 Å². The SMILES string of the molecule is CC(=O)Oc1ccc(C(=O)n2c(Cc3ccccc3)nc3ccccc32)cc1. The van der Waals surface area contributed by atoms with Crippen molar-refractivity contribution in [2.75, 3.05) is 0 Å². The molecule has 0 fully saturated rings. The Kier molecular flexibility index (Phi) is 4.72. The van der Waals surface area contributed by atoms with Gasteiger partial charge in [0.15, 0.2) is 0 Å². The van der Waals surface area contributed by atoms with Crippen LogP contribution in [-0.4, -0.2) is 21.4 Å². The van der Waals surface area contributed by atoms with Gasteiger partial charge >= 0.3 is 5.97 Å². The lowest BCUT2D eigenvalue weighted by atomic mass is 10.1. The minimum Gasteiger partial charge on any atom is -0.427 e. The predicted molar refractivity (Wildman–Crippen MR) is 106 cm³/mol. The average molecular weight is 370 g/mol. The van der Waals surface area contributed by atoms with E-state index in [1.54, 1.807) is 28.8 Å². The molecule has 0 radical (unpaired) electrons. The third-order valence-electron chi connectivity index (χ3n) is 4.40. The van der Waals surface area contributed by atoms with Crippen LogP contribution in [0.15, 0.2) is 78.9 Å². The molecule has 0 unspecified atom stereocenters. The molecule has 0 atom stereocenters. The van der Waals surface area contributed by atoms with Gasteiger partial charge in [0.1, 0.15) is 11.6 Å². The lowest BCUT2D eigenvalue weighted by Crippen LogP contribution is -2.15. The highest BCUT2D eigenvalue weighted by Gasteiger charge is 2.18. The van der Waals surface area contributed by atoms with Gasteiger partial charge in [-0.05, 0) is 42.0 Å². The van der Waals surface area contributed by atoms with Gasteiger partial charge in [-0.1, -0.05) is 42.5 Å². The lowest BCUT2D eigenvalue weighted by molar-refractivity contribution is -0.131. The van der Waals surface area contributed by atoms with E-state index in [0.29, 0.717) is 23.6 Å².